The van der Waals surface area contributed by atoms with Crippen molar-refractivity contribution in [2.75, 3.05) is 19.8 Å². The van der Waals surface area contributed by atoms with Gasteiger partial charge in [-0.1, -0.05) is 13.8 Å². The van der Waals surface area contributed by atoms with E-state index in [2.05, 4.69) is 5.32 Å². The third kappa shape index (κ3) is 5.83. The predicted molar refractivity (Wildman–Crippen MR) is 71.0 cm³/mol. The van der Waals surface area contributed by atoms with Gasteiger partial charge in [0, 0.05) is 12.0 Å². The molecule has 1 amide bonds. The molecule has 0 saturated carbocycles. The van der Waals surface area contributed by atoms with Crippen molar-refractivity contribution in [1.29, 1.82) is 0 Å². The molecule has 0 radical (unpaired) electrons. The van der Waals surface area contributed by atoms with Crippen LogP contribution in [0.5, 0.6) is 0 Å². The van der Waals surface area contributed by atoms with Crippen molar-refractivity contribution < 1.29 is 40.5 Å². The van der Waals surface area contributed by atoms with Crippen LogP contribution in [0.4, 0.5) is 0 Å². The minimum absolute atomic E-state index is 0.436. The van der Waals surface area contributed by atoms with Gasteiger partial charge in [0.2, 0.25) is 5.91 Å². The number of amides is 1. The summed E-state index contributed by atoms with van der Waals surface area (Å²) in [5, 5.41) is 67.1. The van der Waals surface area contributed by atoms with Crippen molar-refractivity contribution >= 4 is 5.91 Å². The van der Waals surface area contributed by atoms with Crippen LogP contribution < -0.4 is 5.32 Å². The third-order valence-corrected chi connectivity index (χ3v) is 3.21. The van der Waals surface area contributed by atoms with Crippen molar-refractivity contribution in [3.63, 3.8) is 0 Å². The Bertz CT molecular complexity index is 324. The standard InChI is InChI=1S/C12H25NO8/c1-12(2,5-15)10(20)11(21)13-3-6(16)8(18)9(19)7(17)4-14/h6-10,14-20H,3-5H2,1-2H3,(H,13,21)/t6-,7+,8-,9-,10+/m0/s1. The largest absolute Gasteiger partial charge is 0.396 e. The molecular weight excluding hydrogens is 286 g/mol. The average molecular weight is 311 g/mol. The van der Waals surface area contributed by atoms with Gasteiger partial charge >= 0.3 is 0 Å². The summed E-state index contributed by atoms with van der Waals surface area (Å²) in [5.74, 6) is -0.863. The summed E-state index contributed by atoms with van der Waals surface area (Å²) in [5.41, 5.74) is -1.08. The molecule has 8 N–H and O–H groups in total. The Balaban J connectivity index is 4.42. The maximum atomic E-state index is 11.6. The smallest absolute Gasteiger partial charge is 0.249 e. The molecule has 0 spiro atoms. The Morgan fingerprint density at radius 1 is 1.00 bits per heavy atom. The maximum absolute atomic E-state index is 11.6. The molecule has 21 heavy (non-hydrogen) atoms. The number of aliphatic hydroxyl groups excluding tert-OH is 7. The van der Waals surface area contributed by atoms with Gasteiger partial charge in [-0.25, -0.2) is 0 Å². The summed E-state index contributed by atoms with van der Waals surface area (Å²) in [7, 11) is 0. The molecule has 0 unspecified atom stereocenters. The van der Waals surface area contributed by atoms with Crippen LogP contribution in [-0.2, 0) is 4.79 Å². The first-order valence-corrected chi connectivity index (χ1v) is 6.48. The van der Waals surface area contributed by atoms with Crippen molar-refractivity contribution in [3.05, 3.63) is 0 Å². The normalized spacial score (nSPS) is 19.5. The Morgan fingerprint density at radius 2 is 1.48 bits per heavy atom. The Kier molecular flexibility index (Phi) is 8.26. The monoisotopic (exact) mass is 311 g/mol. The molecule has 9 nitrogen and oxygen atoms in total. The van der Waals surface area contributed by atoms with Crippen LogP contribution in [-0.4, -0.2) is 91.9 Å². The highest BCUT2D eigenvalue weighted by atomic mass is 16.4. The molecule has 0 aromatic rings. The van der Waals surface area contributed by atoms with E-state index in [0.29, 0.717) is 0 Å². The maximum Gasteiger partial charge on any atom is 0.249 e. The van der Waals surface area contributed by atoms with Crippen molar-refractivity contribution in [2.24, 2.45) is 5.41 Å². The van der Waals surface area contributed by atoms with E-state index in [0.717, 1.165) is 0 Å². The quantitative estimate of drug-likeness (QED) is 0.212. The molecule has 126 valence electrons. The number of nitrogens with one attached hydrogen (secondary N) is 1. The highest BCUT2D eigenvalue weighted by molar-refractivity contribution is 5.81. The summed E-state index contributed by atoms with van der Waals surface area (Å²) >= 11 is 0. The third-order valence-electron chi connectivity index (χ3n) is 3.21. The molecule has 0 rings (SSSR count). The molecule has 0 aliphatic heterocycles. The first-order valence-electron chi connectivity index (χ1n) is 6.48. The number of carbonyl (C=O) groups excluding carboxylic acids is 1. The van der Waals surface area contributed by atoms with Crippen LogP contribution in [0.3, 0.4) is 0 Å². The second-order valence-corrected chi connectivity index (χ2v) is 5.59. The minimum Gasteiger partial charge on any atom is -0.396 e. The number of aliphatic hydroxyl groups is 7. The topological polar surface area (TPSA) is 171 Å². The molecule has 0 heterocycles. The lowest BCUT2D eigenvalue weighted by molar-refractivity contribution is -0.139. The molecular formula is C12H25NO8. The SMILES string of the molecule is CC(C)(CO)[C@H](O)C(=O)NC[C@H](O)[C@H](O)[C@@H](O)[C@H](O)CO. The van der Waals surface area contributed by atoms with E-state index in [-0.39, 0.29) is 0 Å². The Hall–Kier alpha value is -0.810. The van der Waals surface area contributed by atoms with Crippen LogP contribution >= 0.6 is 0 Å². The van der Waals surface area contributed by atoms with E-state index < -0.39 is 61.6 Å². The lowest BCUT2D eigenvalue weighted by Crippen LogP contribution is -2.52. The Morgan fingerprint density at radius 3 is 1.90 bits per heavy atom. The number of hydrogen-bond acceptors (Lipinski definition) is 8. The molecule has 0 aliphatic carbocycles. The van der Waals surface area contributed by atoms with Gasteiger partial charge in [0.1, 0.15) is 24.4 Å². The van der Waals surface area contributed by atoms with Crippen molar-refractivity contribution in [3.8, 4) is 0 Å². The first-order chi connectivity index (χ1) is 9.58. The molecule has 5 atom stereocenters. The van der Waals surface area contributed by atoms with E-state index >= 15 is 0 Å². The van der Waals surface area contributed by atoms with Crippen LogP contribution in [0.2, 0.25) is 0 Å². The minimum atomic E-state index is -1.80. The fourth-order valence-corrected chi connectivity index (χ4v) is 1.43. The number of carbonyl (C=O) groups is 1. The van der Waals surface area contributed by atoms with Crippen molar-refractivity contribution in [2.45, 2.75) is 44.4 Å². The summed E-state index contributed by atoms with van der Waals surface area (Å²) in [6, 6.07) is 0. The van der Waals surface area contributed by atoms with E-state index in [4.69, 9.17) is 15.3 Å². The summed E-state index contributed by atoms with van der Waals surface area (Å²) < 4.78 is 0. The molecule has 0 saturated heterocycles. The number of hydrogen-bond donors (Lipinski definition) is 8. The fourth-order valence-electron chi connectivity index (χ4n) is 1.43. The highest BCUT2D eigenvalue weighted by Crippen LogP contribution is 2.19. The van der Waals surface area contributed by atoms with E-state index in [1.165, 1.54) is 13.8 Å². The van der Waals surface area contributed by atoms with E-state index in [9.17, 15) is 25.2 Å². The van der Waals surface area contributed by atoms with Crippen molar-refractivity contribution in [1.82, 2.24) is 5.32 Å². The lowest BCUT2D eigenvalue weighted by atomic mass is 9.87. The zero-order valence-corrected chi connectivity index (χ0v) is 12.0. The van der Waals surface area contributed by atoms with Gasteiger partial charge in [0.15, 0.2) is 0 Å². The zero-order chi connectivity index (χ0) is 16.8. The van der Waals surface area contributed by atoms with Gasteiger partial charge in [0.05, 0.1) is 19.3 Å². The van der Waals surface area contributed by atoms with Crippen LogP contribution in [0.15, 0.2) is 0 Å². The molecule has 9 heteroatoms. The Labute approximate surface area is 122 Å². The second-order valence-electron chi connectivity index (χ2n) is 5.59. The summed E-state index contributed by atoms with van der Waals surface area (Å²) in [6.45, 7) is 1.19. The highest BCUT2D eigenvalue weighted by Gasteiger charge is 2.34. The van der Waals surface area contributed by atoms with Gasteiger partial charge < -0.3 is 41.1 Å². The molecule has 0 bridgehead atoms. The van der Waals surface area contributed by atoms with Crippen LogP contribution in [0.25, 0.3) is 0 Å². The second kappa shape index (κ2) is 8.59. The number of rotatable bonds is 9. The molecule has 0 aromatic heterocycles. The predicted octanol–water partition coefficient (Wildman–Crippen LogP) is -4.08. The molecule has 0 aromatic carbocycles. The molecule has 0 fully saturated rings. The first kappa shape index (κ1) is 20.2. The van der Waals surface area contributed by atoms with Gasteiger partial charge in [-0.05, 0) is 0 Å². The molecule has 0 aliphatic rings. The van der Waals surface area contributed by atoms with Gasteiger partial charge in [-0.2, -0.15) is 0 Å². The fraction of sp³-hybridized carbons (Fsp3) is 0.917. The zero-order valence-electron chi connectivity index (χ0n) is 12.0. The van der Waals surface area contributed by atoms with E-state index in [1.54, 1.807) is 0 Å². The van der Waals surface area contributed by atoms with E-state index in [1.807, 2.05) is 0 Å². The van der Waals surface area contributed by atoms with Gasteiger partial charge in [0.25, 0.3) is 0 Å². The van der Waals surface area contributed by atoms with Gasteiger partial charge in [-0.15, -0.1) is 0 Å². The van der Waals surface area contributed by atoms with Gasteiger partial charge in [-0.3, -0.25) is 4.79 Å². The lowest BCUT2D eigenvalue weighted by Gasteiger charge is -2.29. The van der Waals surface area contributed by atoms with Crippen LogP contribution in [0, 0.1) is 5.41 Å². The summed E-state index contributed by atoms with van der Waals surface area (Å²) in [4.78, 5) is 11.6. The summed E-state index contributed by atoms with van der Waals surface area (Å²) in [6.07, 6.45) is -8.37. The van der Waals surface area contributed by atoms with Crippen LogP contribution in [0.1, 0.15) is 13.8 Å². The average Bonchev–Trinajstić information content (AvgIpc) is 2.48.